The number of hydrogen-bond acceptors (Lipinski definition) is 2. The zero-order valence-electron chi connectivity index (χ0n) is 6.51. The van der Waals surface area contributed by atoms with E-state index in [4.69, 9.17) is 4.74 Å². The van der Waals surface area contributed by atoms with Gasteiger partial charge in [0.25, 0.3) is 0 Å². The van der Waals surface area contributed by atoms with Crippen molar-refractivity contribution in [1.82, 2.24) is 0 Å². The normalized spacial score (nSPS) is 10.0. The summed E-state index contributed by atoms with van der Waals surface area (Å²) in [5, 5.41) is 0. The molecule has 0 bridgehead atoms. The van der Waals surface area contributed by atoms with E-state index in [9.17, 15) is 0 Å². The summed E-state index contributed by atoms with van der Waals surface area (Å²) in [6.45, 7) is 4.78. The van der Waals surface area contributed by atoms with Crippen molar-refractivity contribution in [3.63, 3.8) is 0 Å². The summed E-state index contributed by atoms with van der Waals surface area (Å²) in [7, 11) is 1.62. The van der Waals surface area contributed by atoms with Crippen LogP contribution in [0.1, 0.15) is 12.8 Å². The fourth-order valence-electron chi connectivity index (χ4n) is 0.529. The molecule has 0 aromatic rings. The molecule has 0 heterocycles. The summed E-state index contributed by atoms with van der Waals surface area (Å²) in [5.74, 6) is 0. The Morgan fingerprint density at radius 1 is 1.36 bits per heavy atom. The minimum absolute atomic E-state index is 0. The fourth-order valence-corrected chi connectivity index (χ4v) is 0.529. The quantitative estimate of drug-likeness (QED) is 0.245. The zero-order valence-corrected chi connectivity index (χ0v) is 6.51. The van der Waals surface area contributed by atoms with E-state index >= 15 is 0 Å². The molecule has 0 fully saturated rings. The maximum absolute atomic E-state index is 5.04. The Morgan fingerprint density at radius 2 is 2.09 bits per heavy atom. The van der Waals surface area contributed by atoms with Gasteiger partial charge >= 0.3 is 18.9 Å². The van der Waals surface area contributed by atoms with Crippen LogP contribution in [0.3, 0.4) is 0 Å². The van der Waals surface area contributed by atoms with Crippen LogP contribution >= 0.6 is 0 Å². The van der Waals surface area contributed by atoms with Gasteiger partial charge in [0.05, 0.1) is 6.61 Å². The molecule has 11 heavy (non-hydrogen) atoms. The Balaban J connectivity index is 0. The van der Waals surface area contributed by atoms with E-state index in [1.165, 1.54) is 0 Å². The number of rotatable bonds is 6. The first-order valence-corrected chi connectivity index (χ1v) is 3.42. The number of ether oxygens (including phenoxy) is 2. The molecule has 0 aliphatic carbocycles. The van der Waals surface area contributed by atoms with Gasteiger partial charge in [0.15, 0.2) is 0 Å². The molecule has 0 spiro atoms. The summed E-state index contributed by atoms with van der Waals surface area (Å²) < 4.78 is 9.73. The Hall–Kier alpha value is 0.257. The molecule has 0 aromatic carbocycles. The Labute approximate surface area is 81.1 Å². The van der Waals surface area contributed by atoms with Gasteiger partial charge in [-0.15, -0.1) is 0 Å². The molecule has 0 N–H and O–H groups in total. The van der Waals surface area contributed by atoms with Crippen LogP contribution in [0, 0.1) is 6.92 Å². The van der Waals surface area contributed by atoms with Crippen molar-refractivity contribution in [3.05, 3.63) is 19.1 Å². The van der Waals surface area contributed by atoms with Crippen molar-refractivity contribution in [2.45, 2.75) is 12.8 Å². The molecule has 0 unspecified atom stereocenters. The molecule has 0 aromatic heterocycles. The second-order valence-electron chi connectivity index (χ2n) is 1.86. The van der Waals surface area contributed by atoms with Crippen molar-refractivity contribution in [2.24, 2.45) is 0 Å². The molecule has 0 saturated heterocycles. The van der Waals surface area contributed by atoms with E-state index in [0.29, 0.717) is 6.79 Å². The second-order valence-corrected chi connectivity index (χ2v) is 1.86. The average Bonchev–Trinajstić information content (AvgIpc) is 1.97. The third kappa shape index (κ3) is 13.3. The summed E-state index contributed by atoms with van der Waals surface area (Å²) in [5.41, 5.74) is 0. The summed E-state index contributed by atoms with van der Waals surface area (Å²) in [4.78, 5) is 0. The molecule has 0 amide bonds. The average molecular weight is 151 g/mol. The van der Waals surface area contributed by atoms with Gasteiger partial charge in [-0.25, -0.2) is 0 Å². The molecule has 0 saturated carbocycles. The van der Waals surface area contributed by atoms with Crippen molar-refractivity contribution in [2.75, 3.05) is 20.5 Å². The molecule has 0 rings (SSSR count). The third-order valence-corrected chi connectivity index (χ3v) is 0.963. The first-order valence-electron chi connectivity index (χ1n) is 3.42. The molecule has 1 radical (unpaired) electrons. The van der Waals surface area contributed by atoms with Crippen molar-refractivity contribution in [1.29, 1.82) is 0 Å². The van der Waals surface area contributed by atoms with Gasteiger partial charge in [0, 0.05) is 7.11 Å². The van der Waals surface area contributed by atoms with Crippen LogP contribution in [0.2, 0.25) is 0 Å². The van der Waals surface area contributed by atoms with Gasteiger partial charge in [-0.05, 0) is 19.8 Å². The molecule has 61 valence electrons. The second kappa shape index (κ2) is 12.9. The van der Waals surface area contributed by atoms with Crippen LogP contribution in [0.25, 0.3) is 0 Å². The van der Waals surface area contributed by atoms with Gasteiger partial charge in [0.1, 0.15) is 6.79 Å². The summed E-state index contributed by atoms with van der Waals surface area (Å²) in [6.07, 6.45) is 5.88. The van der Waals surface area contributed by atoms with E-state index in [0.717, 1.165) is 19.4 Å². The van der Waals surface area contributed by atoms with Crippen LogP contribution in [-0.2, 0) is 9.47 Å². The van der Waals surface area contributed by atoms with E-state index in [2.05, 4.69) is 17.7 Å². The molecule has 0 aliphatic rings. The molecule has 3 heteroatoms. The van der Waals surface area contributed by atoms with Crippen LogP contribution in [-0.4, -0.2) is 39.4 Å². The Kier molecular flexibility index (Phi) is 16.2. The van der Waals surface area contributed by atoms with Gasteiger partial charge in [-0.2, -0.15) is 0 Å². The molecule has 0 aliphatic heterocycles. The molecule has 0 atom stereocenters. The topological polar surface area (TPSA) is 18.5 Å². The van der Waals surface area contributed by atoms with Crippen LogP contribution in [0.5, 0.6) is 0 Å². The monoisotopic (exact) mass is 151 g/mol. The molecule has 2 nitrogen and oxygen atoms in total. The van der Waals surface area contributed by atoms with Crippen LogP contribution in [0.15, 0.2) is 12.2 Å². The standard InChI is InChI=1S/C8H15O2.Li.H/c1-3-4-5-6-7-10-8-9-2;;/h4-5H,1,3,6-8H2,2H3;;/b5-4-;;. The molecular weight excluding hydrogens is 135 g/mol. The van der Waals surface area contributed by atoms with E-state index in [1.807, 2.05) is 6.08 Å². The van der Waals surface area contributed by atoms with Crippen LogP contribution in [0.4, 0.5) is 0 Å². The Bertz CT molecular complexity index is 84.2. The van der Waals surface area contributed by atoms with Crippen molar-refractivity contribution >= 4 is 18.9 Å². The zero-order chi connectivity index (χ0) is 7.66. The summed E-state index contributed by atoms with van der Waals surface area (Å²) in [6, 6.07) is 0. The first-order chi connectivity index (χ1) is 4.91. The van der Waals surface area contributed by atoms with Gasteiger partial charge in [0.2, 0.25) is 0 Å². The van der Waals surface area contributed by atoms with E-state index < -0.39 is 0 Å². The molecular formula is C8H16LiO2. The van der Waals surface area contributed by atoms with E-state index in [-0.39, 0.29) is 18.9 Å². The maximum atomic E-state index is 5.04. The number of allylic oxidation sites excluding steroid dienone is 1. The SMILES string of the molecule is [CH2]C/C=C\CCOCOC.[LiH]. The predicted molar refractivity (Wildman–Crippen MR) is 48.7 cm³/mol. The summed E-state index contributed by atoms with van der Waals surface area (Å²) >= 11 is 0. The van der Waals surface area contributed by atoms with Crippen molar-refractivity contribution < 1.29 is 9.47 Å². The van der Waals surface area contributed by atoms with Gasteiger partial charge < -0.3 is 9.47 Å². The van der Waals surface area contributed by atoms with Crippen molar-refractivity contribution in [3.8, 4) is 0 Å². The van der Waals surface area contributed by atoms with Gasteiger partial charge in [-0.3, -0.25) is 0 Å². The van der Waals surface area contributed by atoms with E-state index in [1.54, 1.807) is 7.11 Å². The number of methoxy groups -OCH3 is 1. The van der Waals surface area contributed by atoms with Crippen LogP contribution < -0.4 is 0 Å². The van der Waals surface area contributed by atoms with Gasteiger partial charge in [-0.1, -0.05) is 12.2 Å². The first kappa shape index (κ1) is 13.8. The predicted octanol–water partition coefficient (Wildman–Crippen LogP) is 1.13. The third-order valence-electron chi connectivity index (χ3n) is 0.963. The fraction of sp³-hybridized carbons (Fsp3) is 0.625. The Morgan fingerprint density at radius 3 is 2.64 bits per heavy atom. The number of hydrogen-bond donors (Lipinski definition) is 0. The minimum atomic E-state index is 0.